The predicted octanol–water partition coefficient (Wildman–Crippen LogP) is 3.38. The molecule has 2 rings (SSSR count). The Balaban J connectivity index is 1.99. The lowest BCUT2D eigenvalue weighted by Gasteiger charge is -2.15. The van der Waals surface area contributed by atoms with E-state index in [-0.39, 0.29) is 12.0 Å². The highest BCUT2D eigenvalue weighted by molar-refractivity contribution is 9.10. The molecule has 2 atom stereocenters. The van der Waals surface area contributed by atoms with E-state index < -0.39 is 0 Å². The highest BCUT2D eigenvalue weighted by Crippen LogP contribution is 2.25. The van der Waals surface area contributed by atoms with E-state index in [9.17, 15) is 4.79 Å². The molecule has 2 unspecified atom stereocenters. The molecule has 1 aromatic carbocycles. The summed E-state index contributed by atoms with van der Waals surface area (Å²) in [6.07, 6.45) is 2.47. The number of benzene rings is 1. The smallest absolute Gasteiger partial charge is 0.143 e. The highest BCUT2D eigenvalue weighted by atomic mass is 79.9. The van der Waals surface area contributed by atoms with E-state index in [0.717, 1.165) is 29.5 Å². The van der Waals surface area contributed by atoms with Crippen molar-refractivity contribution in [2.75, 3.05) is 6.61 Å². The Morgan fingerprint density at radius 1 is 1.41 bits per heavy atom. The molecule has 1 heterocycles. The quantitative estimate of drug-likeness (QED) is 0.851. The van der Waals surface area contributed by atoms with Crippen molar-refractivity contribution in [2.45, 2.75) is 32.3 Å². The lowest BCUT2D eigenvalue weighted by molar-refractivity contribution is -0.123. The standard InChI is InChI=1S/C14H17BrO2/c1-2-14-12(7-8-17-14)13(16)9-10-3-5-11(15)6-4-10/h3-6,12,14H,2,7-9H2,1H3. The first-order valence-electron chi connectivity index (χ1n) is 6.09. The van der Waals surface area contributed by atoms with E-state index in [1.54, 1.807) is 0 Å². The fraction of sp³-hybridized carbons (Fsp3) is 0.500. The molecule has 92 valence electrons. The molecule has 0 saturated carbocycles. The van der Waals surface area contributed by atoms with E-state index in [1.807, 2.05) is 24.3 Å². The normalized spacial score (nSPS) is 23.9. The Labute approximate surface area is 110 Å². The van der Waals surface area contributed by atoms with Crippen LogP contribution in [0.4, 0.5) is 0 Å². The zero-order chi connectivity index (χ0) is 12.3. The average Bonchev–Trinajstić information content (AvgIpc) is 2.80. The van der Waals surface area contributed by atoms with Gasteiger partial charge in [-0.1, -0.05) is 35.0 Å². The second-order valence-corrected chi connectivity index (χ2v) is 5.40. The minimum absolute atomic E-state index is 0.101. The lowest BCUT2D eigenvalue weighted by atomic mass is 9.91. The zero-order valence-corrected chi connectivity index (χ0v) is 11.6. The van der Waals surface area contributed by atoms with Crippen molar-refractivity contribution in [3.8, 4) is 0 Å². The van der Waals surface area contributed by atoms with Crippen LogP contribution in [0.5, 0.6) is 0 Å². The second-order valence-electron chi connectivity index (χ2n) is 4.48. The van der Waals surface area contributed by atoms with Crippen LogP contribution >= 0.6 is 15.9 Å². The number of ether oxygens (including phenoxy) is 1. The van der Waals surface area contributed by atoms with E-state index >= 15 is 0 Å². The van der Waals surface area contributed by atoms with Gasteiger partial charge >= 0.3 is 0 Å². The molecule has 0 bridgehead atoms. The summed E-state index contributed by atoms with van der Waals surface area (Å²) in [5.41, 5.74) is 1.08. The van der Waals surface area contributed by atoms with Crippen molar-refractivity contribution < 1.29 is 9.53 Å². The number of hydrogen-bond acceptors (Lipinski definition) is 2. The maximum absolute atomic E-state index is 12.2. The molecule has 0 N–H and O–H groups in total. The minimum Gasteiger partial charge on any atom is -0.377 e. The van der Waals surface area contributed by atoms with E-state index in [4.69, 9.17) is 4.74 Å². The number of ketones is 1. The van der Waals surface area contributed by atoms with Gasteiger partial charge in [0, 0.05) is 23.4 Å². The summed E-state index contributed by atoms with van der Waals surface area (Å²) in [5, 5.41) is 0. The second kappa shape index (κ2) is 5.78. The summed E-state index contributed by atoms with van der Waals surface area (Å²) in [4.78, 5) is 12.2. The molecule has 1 fully saturated rings. The van der Waals surface area contributed by atoms with Gasteiger partial charge in [-0.25, -0.2) is 0 Å². The molecule has 0 aliphatic carbocycles. The van der Waals surface area contributed by atoms with E-state index in [0.29, 0.717) is 12.2 Å². The first kappa shape index (κ1) is 12.8. The van der Waals surface area contributed by atoms with Crippen LogP contribution in [-0.4, -0.2) is 18.5 Å². The van der Waals surface area contributed by atoms with Gasteiger partial charge in [-0.15, -0.1) is 0 Å². The van der Waals surface area contributed by atoms with Crippen LogP contribution in [0.3, 0.4) is 0 Å². The van der Waals surface area contributed by atoms with Crippen LogP contribution < -0.4 is 0 Å². The summed E-state index contributed by atoms with van der Waals surface area (Å²) >= 11 is 3.39. The summed E-state index contributed by atoms with van der Waals surface area (Å²) < 4.78 is 6.61. The van der Waals surface area contributed by atoms with Gasteiger partial charge in [0.1, 0.15) is 5.78 Å². The average molecular weight is 297 g/mol. The zero-order valence-electron chi connectivity index (χ0n) is 9.99. The number of Topliss-reactive ketones (excluding diaryl/α,β-unsaturated/α-hetero) is 1. The third kappa shape index (κ3) is 3.17. The Hall–Kier alpha value is -0.670. The lowest BCUT2D eigenvalue weighted by Crippen LogP contribution is -2.25. The van der Waals surface area contributed by atoms with Crippen LogP contribution in [0.15, 0.2) is 28.7 Å². The molecule has 17 heavy (non-hydrogen) atoms. The minimum atomic E-state index is 0.101. The van der Waals surface area contributed by atoms with Crippen molar-refractivity contribution in [1.29, 1.82) is 0 Å². The molecule has 1 aromatic rings. The van der Waals surface area contributed by atoms with Gasteiger partial charge in [0.15, 0.2) is 0 Å². The largest absolute Gasteiger partial charge is 0.377 e. The number of carbonyl (C=O) groups is 1. The maximum Gasteiger partial charge on any atom is 0.143 e. The number of rotatable bonds is 4. The molecular weight excluding hydrogens is 280 g/mol. The number of halogens is 1. The van der Waals surface area contributed by atoms with Gasteiger partial charge in [-0.2, -0.15) is 0 Å². The third-order valence-corrected chi connectivity index (χ3v) is 3.85. The number of hydrogen-bond donors (Lipinski definition) is 0. The Kier molecular flexibility index (Phi) is 4.35. The molecule has 1 saturated heterocycles. The van der Waals surface area contributed by atoms with Gasteiger partial charge in [0.2, 0.25) is 0 Å². The molecule has 1 aliphatic heterocycles. The monoisotopic (exact) mass is 296 g/mol. The van der Waals surface area contributed by atoms with E-state index in [1.165, 1.54) is 0 Å². The fourth-order valence-electron chi connectivity index (χ4n) is 2.35. The van der Waals surface area contributed by atoms with Crippen molar-refractivity contribution in [1.82, 2.24) is 0 Å². The summed E-state index contributed by atoms with van der Waals surface area (Å²) in [5.74, 6) is 0.417. The Morgan fingerprint density at radius 3 is 2.76 bits per heavy atom. The predicted molar refractivity (Wildman–Crippen MR) is 71.0 cm³/mol. The molecule has 0 amide bonds. The summed E-state index contributed by atoms with van der Waals surface area (Å²) in [7, 11) is 0. The Morgan fingerprint density at radius 2 is 2.12 bits per heavy atom. The van der Waals surface area contributed by atoms with Crippen LogP contribution in [0.2, 0.25) is 0 Å². The molecule has 2 nitrogen and oxygen atoms in total. The number of carbonyl (C=O) groups excluding carboxylic acids is 1. The topological polar surface area (TPSA) is 26.3 Å². The molecular formula is C14H17BrO2. The first-order chi connectivity index (χ1) is 8.20. The molecule has 0 radical (unpaired) electrons. The van der Waals surface area contributed by atoms with Crippen LogP contribution in [0.25, 0.3) is 0 Å². The van der Waals surface area contributed by atoms with Gasteiger partial charge in [-0.3, -0.25) is 4.79 Å². The third-order valence-electron chi connectivity index (χ3n) is 3.32. The molecule has 0 aromatic heterocycles. The molecule has 0 spiro atoms. The Bertz CT molecular complexity index is 386. The molecule has 1 aliphatic rings. The van der Waals surface area contributed by atoms with Crippen molar-refractivity contribution in [2.24, 2.45) is 5.92 Å². The van der Waals surface area contributed by atoms with Gasteiger partial charge in [0.25, 0.3) is 0 Å². The van der Waals surface area contributed by atoms with E-state index in [2.05, 4.69) is 22.9 Å². The van der Waals surface area contributed by atoms with Crippen LogP contribution in [-0.2, 0) is 16.0 Å². The van der Waals surface area contributed by atoms with Gasteiger partial charge in [-0.05, 0) is 30.5 Å². The molecule has 3 heteroatoms. The maximum atomic E-state index is 12.2. The highest BCUT2D eigenvalue weighted by Gasteiger charge is 2.32. The van der Waals surface area contributed by atoms with Crippen LogP contribution in [0.1, 0.15) is 25.3 Å². The van der Waals surface area contributed by atoms with Crippen LogP contribution in [0, 0.1) is 5.92 Å². The summed E-state index contributed by atoms with van der Waals surface area (Å²) in [6.45, 7) is 2.81. The SMILES string of the molecule is CCC1OCCC1C(=O)Cc1ccc(Br)cc1. The van der Waals surface area contributed by atoms with Crippen molar-refractivity contribution in [3.63, 3.8) is 0 Å². The fourth-order valence-corrected chi connectivity index (χ4v) is 2.62. The van der Waals surface area contributed by atoms with Gasteiger partial charge < -0.3 is 4.74 Å². The first-order valence-corrected chi connectivity index (χ1v) is 6.88. The summed E-state index contributed by atoms with van der Waals surface area (Å²) in [6, 6.07) is 7.95. The van der Waals surface area contributed by atoms with Gasteiger partial charge in [0.05, 0.1) is 6.10 Å². The van der Waals surface area contributed by atoms with Crippen molar-refractivity contribution in [3.05, 3.63) is 34.3 Å². The van der Waals surface area contributed by atoms with Crippen molar-refractivity contribution >= 4 is 21.7 Å².